The van der Waals surface area contributed by atoms with E-state index in [0.29, 0.717) is 24.7 Å². The molecule has 1 aromatic rings. The van der Waals surface area contributed by atoms with Gasteiger partial charge in [0.15, 0.2) is 0 Å². The molecule has 1 saturated heterocycles. The lowest BCUT2D eigenvalue weighted by molar-refractivity contribution is 0.165. The zero-order chi connectivity index (χ0) is 13.9. The van der Waals surface area contributed by atoms with Crippen molar-refractivity contribution in [1.82, 2.24) is 0 Å². The van der Waals surface area contributed by atoms with Gasteiger partial charge in [-0.25, -0.2) is 11.0 Å². The average Bonchev–Trinajstić information content (AvgIpc) is 2.85. The summed E-state index contributed by atoms with van der Waals surface area (Å²) in [6.07, 6.45) is 0. The van der Waals surface area contributed by atoms with E-state index < -0.39 is 5.54 Å². The second-order valence-corrected chi connectivity index (χ2v) is 6.10. The normalized spacial score (nSPS) is 25.8. The van der Waals surface area contributed by atoms with Crippen molar-refractivity contribution in [2.75, 3.05) is 19.1 Å². The molecule has 0 amide bonds. The van der Waals surface area contributed by atoms with Crippen LogP contribution in [0.1, 0.15) is 12.5 Å². The van der Waals surface area contributed by atoms with Gasteiger partial charge in [-0.15, -0.1) is 0 Å². The van der Waals surface area contributed by atoms with Crippen molar-refractivity contribution in [3.05, 3.63) is 47.1 Å². The van der Waals surface area contributed by atoms with Gasteiger partial charge in [0.25, 0.3) is 5.88 Å². The molecular formula is C14H17FN2OS. The van der Waals surface area contributed by atoms with Crippen LogP contribution < -0.4 is 5.73 Å². The lowest BCUT2D eigenvalue weighted by atomic mass is 9.79. The molecule has 5 heteroatoms. The molecule has 2 N–H and O–H groups in total. The molecule has 1 aliphatic rings. The highest BCUT2D eigenvalue weighted by molar-refractivity contribution is 8.00. The Kier molecular flexibility index (Phi) is 4.46. The van der Waals surface area contributed by atoms with Crippen LogP contribution in [0.4, 0.5) is 4.39 Å². The van der Waals surface area contributed by atoms with E-state index in [2.05, 4.69) is 4.85 Å². The number of nitrogens with zero attached hydrogens (tertiary/aromatic N) is 1. The molecule has 0 saturated carbocycles. The number of halogens is 1. The molecule has 0 aromatic heterocycles. The minimum atomic E-state index is -0.790. The summed E-state index contributed by atoms with van der Waals surface area (Å²) in [5.74, 6) is 0.113. The van der Waals surface area contributed by atoms with Crippen LogP contribution in [0.3, 0.4) is 0 Å². The van der Waals surface area contributed by atoms with Gasteiger partial charge in [0.05, 0.1) is 13.2 Å². The van der Waals surface area contributed by atoms with Crippen molar-refractivity contribution in [3.8, 4) is 0 Å². The topological polar surface area (TPSA) is 39.6 Å². The quantitative estimate of drug-likeness (QED) is 0.862. The summed E-state index contributed by atoms with van der Waals surface area (Å²) in [7, 11) is 0. The Morgan fingerprint density at radius 1 is 1.53 bits per heavy atom. The first kappa shape index (κ1) is 14.3. The van der Waals surface area contributed by atoms with E-state index in [1.54, 1.807) is 18.2 Å². The Balaban J connectivity index is 2.23. The van der Waals surface area contributed by atoms with Crippen LogP contribution in [0.2, 0.25) is 0 Å². The van der Waals surface area contributed by atoms with Gasteiger partial charge in [0.1, 0.15) is 5.82 Å². The highest BCUT2D eigenvalue weighted by Crippen LogP contribution is 2.39. The first-order valence-corrected chi connectivity index (χ1v) is 7.18. The molecule has 1 heterocycles. The van der Waals surface area contributed by atoms with Gasteiger partial charge in [-0.05, 0) is 13.0 Å². The van der Waals surface area contributed by atoms with E-state index in [4.69, 9.17) is 17.0 Å². The highest BCUT2D eigenvalue weighted by Gasteiger charge is 2.43. The maximum absolute atomic E-state index is 13.9. The molecule has 1 aromatic carbocycles. The van der Waals surface area contributed by atoms with Crippen molar-refractivity contribution < 1.29 is 9.13 Å². The minimum Gasteiger partial charge on any atom is -0.380 e. The van der Waals surface area contributed by atoms with Gasteiger partial charge < -0.3 is 15.3 Å². The highest BCUT2D eigenvalue weighted by atomic mass is 32.2. The third-order valence-electron chi connectivity index (χ3n) is 3.61. The molecule has 1 fully saturated rings. The molecule has 0 bridgehead atoms. The van der Waals surface area contributed by atoms with E-state index in [-0.39, 0.29) is 17.0 Å². The maximum atomic E-state index is 13.9. The third-order valence-corrected chi connectivity index (χ3v) is 4.78. The number of nitrogens with two attached hydrogens (primary N) is 1. The van der Waals surface area contributed by atoms with E-state index in [9.17, 15) is 4.39 Å². The fourth-order valence-electron chi connectivity index (χ4n) is 2.49. The zero-order valence-electron chi connectivity index (χ0n) is 10.8. The predicted octanol–water partition coefficient (Wildman–Crippen LogP) is 2.62. The number of benzene rings is 1. The van der Waals surface area contributed by atoms with Crippen molar-refractivity contribution >= 4 is 11.8 Å². The van der Waals surface area contributed by atoms with Crippen LogP contribution in [0, 0.1) is 18.3 Å². The third kappa shape index (κ3) is 2.92. The first-order valence-electron chi connectivity index (χ1n) is 6.14. The van der Waals surface area contributed by atoms with Crippen LogP contribution in [-0.4, -0.2) is 24.3 Å². The summed E-state index contributed by atoms with van der Waals surface area (Å²) in [6.45, 7) is 9.79. The van der Waals surface area contributed by atoms with Gasteiger partial charge in [-0.1, -0.05) is 30.0 Å². The number of rotatable bonds is 4. The van der Waals surface area contributed by atoms with Crippen LogP contribution in [0.5, 0.6) is 0 Å². The van der Waals surface area contributed by atoms with Gasteiger partial charge in [0, 0.05) is 22.3 Å². The second kappa shape index (κ2) is 5.91. The molecule has 102 valence electrons. The molecule has 19 heavy (non-hydrogen) atoms. The van der Waals surface area contributed by atoms with E-state index in [0.717, 1.165) is 0 Å². The van der Waals surface area contributed by atoms with Crippen LogP contribution in [-0.2, 0) is 10.3 Å². The van der Waals surface area contributed by atoms with Crippen molar-refractivity contribution in [2.24, 2.45) is 11.7 Å². The number of thioether (sulfide) groups is 1. The summed E-state index contributed by atoms with van der Waals surface area (Å²) >= 11 is 1.54. The Labute approximate surface area is 117 Å². The van der Waals surface area contributed by atoms with Gasteiger partial charge in [-0.2, -0.15) is 0 Å². The lowest BCUT2D eigenvalue weighted by Crippen LogP contribution is -2.46. The van der Waals surface area contributed by atoms with Gasteiger partial charge in [-0.3, -0.25) is 0 Å². The summed E-state index contributed by atoms with van der Waals surface area (Å²) < 4.78 is 19.4. The fourth-order valence-corrected chi connectivity index (χ4v) is 3.54. The minimum absolute atomic E-state index is 0.0103. The van der Waals surface area contributed by atoms with Gasteiger partial charge >= 0.3 is 0 Å². The first-order chi connectivity index (χ1) is 9.07. The van der Waals surface area contributed by atoms with E-state index in [1.165, 1.54) is 17.8 Å². The number of hydrogen-bond acceptors (Lipinski definition) is 3. The Bertz CT molecular complexity index is 487. The Morgan fingerprint density at radius 3 is 2.95 bits per heavy atom. The monoisotopic (exact) mass is 280 g/mol. The van der Waals surface area contributed by atoms with Crippen molar-refractivity contribution in [2.45, 2.75) is 17.7 Å². The summed E-state index contributed by atoms with van der Waals surface area (Å²) in [6, 6.07) is 6.60. The largest absolute Gasteiger partial charge is 0.380 e. The molecular weight excluding hydrogens is 263 g/mol. The molecule has 0 aliphatic carbocycles. The maximum Gasteiger partial charge on any atom is 0.260 e. The van der Waals surface area contributed by atoms with Crippen molar-refractivity contribution in [1.29, 1.82) is 0 Å². The molecule has 0 spiro atoms. The summed E-state index contributed by atoms with van der Waals surface area (Å²) in [5, 5.41) is 0.142. The average molecular weight is 280 g/mol. The fraction of sp³-hybridized carbons (Fsp3) is 0.500. The van der Waals surface area contributed by atoms with E-state index >= 15 is 0 Å². The number of hydrogen-bond donors (Lipinski definition) is 1. The smallest absolute Gasteiger partial charge is 0.260 e. The summed E-state index contributed by atoms with van der Waals surface area (Å²) in [4.78, 5) is 3.35. The SMILES string of the molecule is [C-]#[N+]CS[C@H]1COC[C@@H]1[C@](C)(N)c1ccccc1F. The molecule has 3 atom stereocenters. The van der Waals surface area contributed by atoms with Crippen LogP contribution in [0.15, 0.2) is 24.3 Å². The van der Waals surface area contributed by atoms with Crippen LogP contribution in [0.25, 0.3) is 4.85 Å². The molecule has 2 rings (SSSR count). The lowest BCUT2D eigenvalue weighted by Gasteiger charge is -2.34. The Hall–Kier alpha value is -1.09. The molecule has 0 unspecified atom stereocenters. The zero-order valence-corrected chi connectivity index (χ0v) is 11.6. The molecule has 1 aliphatic heterocycles. The standard InChI is InChI=1S/C14H17FN2OS/c1-14(16,10-5-3-4-6-12(10)15)11-7-18-8-13(11)19-9-17-2/h3-6,11,13H,7-9,16H2,1H3/t11-,13-,14+/m0/s1. The summed E-state index contributed by atoms with van der Waals surface area (Å²) in [5.41, 5.74) is 6.12. The number of ether oxygens (including phenoxy) is 1. The van der Waals surface area contributed by atoms with Crippen LogP contribution >= 0.6 is 11.8 Å². The van der Waals surface area contributed by atoms with Crippen molar-refractivity contribution in [3.63, 3.8) is 0 Å². The second-order valence-electron chi connectivity index (χ2n) is 4.90. The Morgan fingerprint density at radius 2 is 2.26 bits per heavy atom. The molecule has 3 nitrogen and oxygen atoms in total. The molecule has 0 radical (unpaired) electrons. The van der Waals surface area contributed by atoms with Gasteiger partial charge in [0.2, 0.25) is 0 Å². The van der Waals surface area contributed by atoms with E-state index in [1.807, 2.05) is 6.92 Å². The predicted molar refractivity (Wildman–Crippen MR) is 75.1 cm³/mol.